The maximum absolute atomic E-state index is 12.1. The lowest BCUT2D eigenvalue weighted by Crippen LogP contribution is -2.45. The van der Waals surface area contributed by atoms with E-state index in [1.54, 1.807) is 14.0 Å². The summed E-state index contributed by atoms with van der Waals surface area (Å²) in [5.74, 6) is 0.314. The molecule has 0 radical (unpaired) electrons. The number of aromatic nitrogens is 2. The van der Waals surface area contributed by atoms with Gasteiger partial charge >= 0.3 is 0 Å². The van der Waals surface area contributed by atoms with E-state index in [2.05, 4.69) is 5.10 Å². The monoisotopic (exact) mass is 211 g/mol. The molecule has 0 saturated heterocycles. The topological polar surface area (TPSA) is 70.1 Å². The van der Waals surface area contributed by atoms with Crippen LogP contribution >= 0.6 is 0 Å². The Labute approximate surface area is 89.2 Å². The zero-order valence-corrected chi connectivity index (χ0v) is 9.57. The van der Waals surface area contributed by atoms with Gasteiger partial charge < -0.3 is 10.5 Å². The highest BCUT2D eigenvalue weighted by Gasteiger charge is 2.32. The summed E-state index contributed by atoms with van der Waals surface area (Å²) in [6, 6.07) is 0. The van der Waals surface area contributed by atoms with Gasteiger partial charge in [0.05, 0.1) is 18.8 Å². The summed E-state index contributed by atoms with van der Waals surface area (Å²) >= 11 is 0. The maximum Gasteiger partial charge on any atom is 0.204 e. The fourth-order valence-corrected chi connectivity index (χ4v) is 1.26. The first-order valence-corrected chi connectivity index (χ1v) is 4.83. The van der Waals surface area contributed by atoms with Crippen molar-refractivity contribution in [2.75, 3.05) is 7.11 Å². The van der Waals surface area contributed by atoms with E-state index in [-0.39, 0.29) is 5.78 Å². The summed E-state index contributed by atoms with van der Waals surface area (Å²) in [4.78, 5) is 12.1. The Hall–Kier alpha value is -1.36. The number of hydrogen-bond acceptors (Lipinski definition) is 4. The molecule has 5 nitrogen and oxygen atoms in total. The van der Waals surface area contributed by atoms with Crippen molar-refractivity contribution in [2.24, 2.45) is 12.8 Å². The van der Waals surface area contributed by atoms with Crippen LogP contribution < -0.4 is 10.5 Å². The van der Waals surface area contributed by atoms with Crippen molar-refractivity contribution in [1.82, 2.24) is 9.78 Å². The van der Waals surface area contributed by atoms with Crippen LogP contribution in [-0.2, 0) is 7.05 Å². The Morgan fingerprint density at radius 1 is 1.73 bits per heavy atom. The van der Waals surface area contributed by atoms with Crippen LogP contribution in [0.25, 0.3) is 0 Å². The van der Waals surface area contributed by atoms with Gasteiger partial charge in [0.15, 0.2) is 5.75 Å². The van der Waals surface area contributed by atoms with Crippen molar-refractivity contribution in [3.63, 3.8) is 0 Å². The number of rotatable bonds is 4. The Bertz CT molecular complexity index is 369. The number of nitrogens with two attached hydrogens (primary N) is 1. The van der Waals surface area contributed by atoms with E-state index in [0.717, 1.165) is 0 Å². The number of carbonyl (C=O) groups is 1. The van der Waals surface area contributed by atoms with Crippen LogP contribution in [0.15, 0.2) is 6.20 Å². The smallest absolute Gasteiger partial charge is 0.204 e. The third kappa shape index (κ3) is 2.02. The van der Waals surface area contributed by atoms with Gasteiger partial charge in [-0.05, 0) is 13.3 Å². The first-order chi connectivity index (χ1) is 6.94. The van der Waals surface area contributed by atoms with E-state index in [4.69, 9.17) is 10.5 Å². The highest BCUT2D eigenvalue weighted by Crippen LogP contribution is 2.22. The molecule has 1 aromatic heterocycles. The van der Waals surface area contributed by atoms with Gasteiger partial charge in [-0.1, -0.05) is 6.92 Å². The molecule has 2 N–H and O–H groups in total. The number of hydrogen-bond donors (Lipinski definition) is 1. The molecule has 0 spiro atoms. The zero-order valence-electron chi connectivity index (χ0n) is 9.57. The van der Waals surface area contributed by atoms with E-state index in [1.165, 1.54) is 18.0 Å². The Kier molecular flexibility index (Phi) is 3.14. The van der Waals surface area contributed by atoms with Crippen LogP contribution in [0.4, 0.5) is 0 Å². The third-order valence-electron chi connectivity index (χ3n) is 2.59. The lowest BCUT2D eigenvalue weighted by atomic mass is 9.92. The molecule has 0 aliphatic rings. The highest BCUT2D eigenvalue weighted by molar-refractivity contribution is 6.03. The molecule has 0 aromatic carbocycles. The molecule has 1 unspecified atom stereocenters. The van der Waals surface area contributed by atoms with E-state index < -0.39 is 5.54 Å². The molecule has 84 valence electrons. The number of ketones is 1. The summed E-state index contributed by atoms with van der Waals surface area (Å²) < 4.78 is 6.56. The van der Waals surface area contributed by atoms with E-state index in [9.17, 15) is 4.79 Å². The van der Waals surface area contributed by atoms with E-state index >= 15 is 0 Å². The summed E-state index contributed by atoms with van der Waals surface area (Å²) in [5.41, 5.74) is 5.44. The molecule has 1 rings (SSSR count). The minimum atomic E-state index is -0.874. The second-order valence-electron chi connectivity index (χ2n) is 3.79. The number of carbonyl (C=O) groups excluding carboxylic acids is 1. The third-order valence-corrected chi connectivity index (χ3v) is 2.59. The molecule has 0 bridgehead atoms. The van der Waals surface area contributed by atoms with Crippen molar-refractivity contribution in [3.8, 4) is 5.75 Å². The summed E-state index contributed by atoms with van der Waals surface area (Å²) in [6.45, 7) is 3.59. The molecule has 1 atom stereocenters. The molecular weight excluding hydrogens is 194 g/mol. The molecule has 0 aliphatic carbocycles. The van der Waals surface area contributed by atoms with E-state index in [1.807, 2.05) is 6.92 Å². The summed E-state index contributed by atoms with van der Waals surface area (Å²) in [6.07, 6.45) is 2.08. The first-order valence-electron chi connectivity index (χ1n) is 4.83. The van der Waals surface area contributed by atoms with Gasteiger partial charge in [-0.25, -0.2) is 0 Å². The number of nitrogens with zero attached hydrogens (tertiary/aromatic N) is 2. The summed E-state index contributed by atoms with van der Waals surface area (Å²) in [5, 5.41) is 3.97. The molecule has 1 aromatic rings. The highest BCUT2D eigenvalue weighted by atomic mass is 16.5. The van der Waals surface area contributed by atoms with Crippen molar-refractivity contribution >= 4 is 5.78 Å². The van der Waals surface area contributed by atoms with Gasteiger partial charge in [-0.15, -0.1) is 0 Å². The van der Waals surface area contributed by atoms with Gasteiger partial charge in [0.1, 0.15) is 5.69 Å². The van der Waals surface area contributed by atoms with Crippen molar-refractivity contribution in [2.45, 2.75) is 25.8 Å². The van der Waals surface area contributed by atoms with Gasteiger partial charge in [0, 0.05) is 7.05 Å². The second kappa shape index (κ2) is 4.02. The molecule has 0 saturated carbocycles. The Morgan fingerprint density at radius 3 is 2.80 bits per heavy atom. The predicted octanol–water partition coefficient (Wildman–Crippen LogP) is 0.739. The molecule has 1 heterocycles. The normalized spacial score (nSPS) is 14.7. The maximum atomic E-state index is 12.1. The van der Waals surface area contributed by atoms with Crippen molar-refractivity contribution < 1.29 is 9.53 Å². The van der Waals surface area contributed by atoms with Crippen LogP contribution in [0.5, 0.6) is 5.75 Å². The van der Waals surface area contributed by atoms with Crippen LogP contribution in [-0.4, -0.2) is 28.2 Å². The largest absolute Gasteiger partial charge is 0.493 e. The lowest BCUT2D eigenvalue weighted by Gasteiger charge is -2.21. The summed E-state index contributed by atoms with van der Waals surface area (Å²) in [7, 11) is 3.20. The average Bonchev–Trinajstić information content (AvgIpc) is 2.58. The molecule has 0 amide bonds. The molecule has 0 fully saturated rings. The van der Waals surface area contributed by atoms with Gasteiger partial charge in [-0.2, -0.15) is 5.10 Å². The zero-order chi connectivity index (χ0) is 11.6. The minimum Gasteiger partial charge on any atom is -0.493 e. The fraction of sp³-hybridized carbons (Fsp3) is 0.600. The quantitative estimate of drug-likeness (QED) is 0.746. The fourth-order valence-electron chi connectivity index (χ4n) is 1.26. The van der Waals surface area contributed by atoms with Crippen LogP contribution in [0, 0.1) is 0 Å². The molecular formula is C10H17N3O2. The van der Waals surface area contributed by atoms with Gasteiger partial charge in [0.2, 0.25) is 5.78 Å². The molecule has 15 heavy (non-hydrogen) atoms. The number of Topliss-reactive ketones (excluding diaryl/α,β-unsaturated/α-hetero) is 1. The number of ether oxygens (including phenoxy) is 1. The van der Waals surface area contributed by atoms with Gasteiger partial charge in [-0.3, -0.25) is 9.48 Å². The first kappa shape index (κ1) is 11.7. The standard InChI is InChI=1S/C10H17N3O2/c1-5-10(2,11)9(14)8-7(15-4)6-12-13(8)3/h6H,5,11H2,1-4H3. The number of methoxy groups -OCH3 is 1. The minimum absolute atomic E-state index is 0.151. The molecule has 0 aliphatic heterocycles. The van der Waals surface area contributed by atoms with E-state index in [0.29, 0.717) is 17.9 Å². The van der Waals surface area contributed by atoms with Crippen LogP contribution in [0.2, 0.25) is 0 Å². The Balaban J connectivity index is 3.16. The average molecular weight is 211 g/mol. The predicted molar refractivity (Wildman–Crippen MR) is 57.0 cm³/mol. The second-order valence-corrected chi connectivity index (χ2v) is 3.79. The van der Waals surface area contributed by atoms with Crippen molar-refractivity contribution in [3.05, 3.63) is 11.9 Å². The molecule has 5 heteroatoms. The van der Waals surface area contributed by atoms with Gasteiger partial charge in [0.25, 0.3) is 0 Å². The lowest BCUT2D eigenvalue weighted by molar-refractivity contribution is 0.0884. The SMILES string of the molecule is CCC(C)(N)C(=O)c1c(OC)cnn1C. The van der Waals surface area contributed by atoms with Crippen molar-refractivity contribution in [1.29, 1.82) is 0 Å². The number of aryl methyl sites for hydroxylation is 1. The Morgan fingerprint density at radius 2 is 2.33 bits per heavy atom. The van der Waals surface area contributed by atoms with Crippen LogP contribution in [0.3, 0.4) is 0 Å². The van der Waals surface area contributed by atoms with Crippen LogP contribution in [0.1, 0.15) is 30.8 Å².